The number of thiophene rings is 1. The number of rotatable bonds is 2. The van der Waals surface area contributed by atoms with Crippen molar-refractivity contribution in [3.05, 3.63) is 17.5 Å². The first-order valence-corrected chi connectivity index (χ1v) is 3.65. The lowest BCUT2D eigenvalue weighted by Crippen LogP contribution is -2.18. The summed E-state index contributed by atoms with van der Waals surface area (Å²) in [7, 11) is 0. The van der Waals surface area contributed by atoms with E-state index in [-0.39, 0.29) is 6.54 Å². The predicted molar refractivity (Wildman–Crippen MR) is 39.0 cm³/mol. The number of carbonyl (C=O) groups excluding carboxylic acids is 1. The monoisotopic (exact) mass is 157 g/mol. The maximum Gasteiger partial charge on any atom is 0.325 e. The van der Waals surface area contributed by atoms with Crippen LogP contribution in [0, 0.1) is 0 Å². The van der Waals surface area contributed by atoms with E-state index in [9.17, 15) is 4.79 Å². The molecule has 0 saturated carbocycles. The van der Waals surface area contributed by atoms with E-state index in [0.717, 1.165) is 0 Å². The number of esters is 1. The number of ether oxygens (including phenoxy) is 1. The second kappa shape index (κ2) is 3.34. The van der Waals surface area contributed by atoms with Crippen molar-refractivity contribution >= 4 is 17.3 Å². The van der Waals surface area contributed by atoms with Crippen LogP contribution in [0.3, 0.4) is 0 Å². The Morgan fingerprint density at radius 3 is 3.10 bits per heavy atom. The van der Waals surface area contributed by atoms with Crippen molar-refractivity contribution in [1.82, 2.24) is 0 Å². The highest BCUT2D eigenvalue weighted by molar-refractivity contribution is 7.11. The Kier molecular flexibility index (Phi) is 2.42. The molecule has 0 fully saturated rings. The Bertz CT molecular complexity index is 208. The van der Waals surface area contributed by atoms with Crippen LogP contribution >= 0.6 is 11.3 Å². The summed E-state index contributed by atoms with van der Waals surface area (Å²) in [6, 6.07) is 3.53. The Morgan fingerprint density at radius 1 is 1.80 bits per heavy atom. The van der Waals surface area contributed by atoms with Crippen LogP contribution in [-0.4, -0.2) is 12.5 Å². The molecule has 0 unspecified atom stereocenters. The molecule has 0 amide bonds. The number of nitrogens with two attached hydrogens (primary N) is 1. The van der Waals surface area contributed by atoms with Gasteiger partial charge in [-0.25, -0.2) is 0 Å². The fourth-order valence-corrected chi connectivity index (χ4v) is 1.06. The quantitative estimate of drug-likeness (QED) is 0.640. The first-order chi connectivity index (χ1) is 4.83. The molecule has 1 aromatic rings. The zero-order valence-corrected chi connectivity index (χ0v) is 6.06. The standard InChI is InChI=1S/C6H7NO2S/c7-4-5(8)9-6-2-1-3-10-6/h1-3H,4,7H2. The summed E-state index contributed by atoms with van der Waals surface area (Å²) < 4.78 is 4.76. The smallest absolute Gasteiger partial charge is 0.325 e. The fraction of sp³-hybridized carbons (Fsp3) is 0.167. The third-order valence-corrected chi connectivity index (χ3v) is 1.62. The molecule has 0 bridgehead atoms. The van der Waals surface area contributed by atoms with E-state index < -0.39 is 5.97 Å². The molecule has 3 nitrogen and oxygen atoms in total. The van der Waals surface area contributed by atoms with E-state index in [1.54, 1.807) is 6.07 Å². The Labute approximate surface area is 62.4 Å². The predicted octanol–water partition coefficient (Wildman–Crippen LogP) is 0.612. The van der Waals surface area contributed by atoms with Crippen molar-refractivity contribution in [2.75, 3.05) is 6.54 Å². The molecule has 1 heterocycles. The summed E-state index contributed by atoms with van der Waals surface area (Å²) in [5, 5.41) is 2.43. The van der Waals surface area contributed by atoms with Crippen molar-refractivity contribution in [3.63, 3.8) is 0 Å². The van der Waals surface area contributed by atoms with E-state index >= 15 is 0 Å². The lowest BCUT2D eigenvalue weighted by atomic mass is 10.6. The van der Waals surface area contributed by atoms with Gasteiger partial charge in [0, 0.05) is 0 Å². The second-order valence-electron chi connectivity index (χ2n) is 1.61. The van der Waals surface area contributed by atoms with Crippen molar-refractivity contribution in [1.29, 1.82) is 0 Å². The highest BCUT2D eigenvalue weighted by Gasteiger charge is 2.00. The molecule has 0 aliphatic rings. The summed E-state index contributed by atoms with van der Waals surface area (Å²) in [6.45, 7) is -0.0715. The third kappa shape index (κ3) is 1.82. The van der Waals surface area contributed by atoms with E-state index in [1.165, 1.54) is 11.3 Å². The average molecular weight is 157 g/mol. The fourth-order valence-electron chi connectivity index (χ4n) is 0.475. The van der Waals surface area contributed by atoms with Crippen LogP contribution in [0.25, 0.3) is 0 Å². The lowest BCUT2D eigenvalue weighted by molar-refractivity contribution is -0.132. The molecule has 4 heteroatoms. The second-order valence-corrected chi connectivity index (χ2v) is 2.52. The lowest BCUT2D eigenvalue weighted by Gasteiger charge is -1.95. The molecule has 2 N–H and O–H groups in total. The molecule has 0 radical (unpaired) electrons. The van der Waals surface area contributed by atoms with Gasteiger partial charge in [0.25, 0.3) is 0 Å². The van der Waals surface area contributed by atoms with Gasteiger partial charge in [-0.05, 0) is 17.5 Å². The molecule has 0 aromatic carbocycles. The molecule has 0 atom stereocenters. The largest absolute Gasteiger partial charge is 0.414 e. The molecule has 0 aliphatic carbocycles. The minimum Gasteiger partial charge on any atom is -0.414 e. The van der Waals surface area contributed by atoms with Crippen LogP contribution < -0.4 is 10.5 Å². The van der Waals surface area contributed by atoms with E-state index in [1.807, 2.05) is 11.4 Å². The number of hydrogen-bond acceptors (Lipinski definition) is 4. The van der Waals surface area contributed by atoms with Gasteiger partial charge in [-0.2, -0.15) is 0 Å². The van der Waals surface area contributed by atoms with Crippen LogP contribution in [0.1, 0.15) is 0 Å². The first kappa shape index (κ1) is 7.24. The summed E-state index contributed by atoms with van der Waals surface area (Å²) in [5.41, 5.74) is 5.02. The maximum absolute atomic E-state index is 10.5. The molecule has 0 spiro atoms. The van der Waals surface area contributed by atoms with Crippen molar-refractivity contribution in [3.8, 4) is 5.06 Å². The maximum atomic E-state index is 10.5. The summed E-state index contributed by atoms with van der Waals surface area (Å²) in [6.07, 6.45) is 0. The zero-order chi connectivity index (χ0) is 7.40. The van der Waals surface area contributed by atoms with Crippen molar-refractivity contribution in [2.24, 2.45) is 5.73 Å². The first-order valence-electron chi connectivity index (χ1n) is 2.77. The van der Waals surface area contributed by atoms with E-state index in [4.69, 9.17) is 10.5 Å². The van der Waals surface area contributed by atoms with Crippen LogP contribution in [0.4, 0.5) is 0 Å². The van der Waals surface area contributed by atoms with Gasteiger partial charge < -0.3 is 10.5 Å². The van der Waals surface area contributed by atoms with Crippen LogP contribution in [0.5, 0.6) is 5.06 Å². The third-order valence-electron chi connectivity index (χ3n) is 0.876. The molecule has 0 aliphatic heterocycles. The van der Waals surface area contributed by atoms with Crippen molar-refractivity contribution < 1.29 is 9.53 Å². The summed E-state index contributed by atoms with van der Waals surface area (Å²) in [4.78, 5) is 10.5. The molecule has 1 rings (SSSR count). The molecule has 54 valence electrons. The molecule has 0 saturated heterocycles. The van der Waals surface area contributed by atoms with Gasteiger partial charge in [0.05, 0.1) is 6.54 Å². The van der Waals surface area contributed by atoms with Gasteiger partial charge in [0.15, 0.2) is 5.06 Å². The zero-order valence-electron chi connectivity index (χ0n) is 5.24. The van der Waals surface area contributed by atoms with Crippen molar-refractivity contribution in [2.45, 2.75) is 0 Å². The van der Waals surface area contributed by atoms with Gasteiger partial charge in [0.1, 0.15) is 0 Å². The topological polar surface area (TPSA) is 52.3 Å². The van der Waals surface area contributed by atoms with Gasteiger partial charge in [-0.3, -0.25) is 4.79 Å². The highest BCUT2D eigenvalue weighted by Crippen LogP contribution is 2.17. The Hall–Kier alpha value is -0.870. The molecule has 10 heavy (non-hydrogen) atoms. The van der Waals surface area contributed by atoms with Gasteiger partial charge in [-0.15, -0.1) is 11.3 Å². The number of carbonyl (C=O) groups is 1. The Morgan fingerprint density at radius 2 is 2.60 bits per heavy atom. The van der Waals surface area contributed by atoms with Gasteiger partial charge >= 0.3 is 5.97 Å². The SMILES string of the molecule is NCC(=O)Oc1cccs1. The van der Waals surface area contributed by atoms with Gasteiger partial charge in [-0.1, -0.05) is 0 Å². The molecular weight excluding hydrogens is 150 g/mol. The molecule has 1 aromatic heterocycles. The van der Waals surface area contributed by atoms with Crippen LogP contribution in [0.2, 0.25) is 0 Å². The summed E-state index contributed by atoms with van der Waals surface area (Å²) in [5.74, 6) is -0.401. The average Bonchev–Trinajstić information content (AvgIpc) is 2.40. The van der Waals surface area contributed by atoms with E-state index in [2.05, 4.69) is 0 Å². The summed E-state index contributed by atoms with van der Waals surface area (Å²) >= 11 is 1.37. The minimum absolute atomic E-state index is 0.0715. The minimum atomic E-state index is -0.401. The number of hydrogen-bond donors (Lipinski definition) is 1. The van der Waals surface area contributed by atoms with Gasteiger partial charge in [0.2, 0.25) is 0 Å². The van der Waals surface area contributed by atoms with Crippen LogP contribution in [-0.2, 0) is 4.79 Å². The highest BCUT2D eigenvalue weighted by atomic mass is 32.1. The Balaban J connectivity index is 2.48. The molecular formula is C6H7NO2S. The van der Waals surface area contributed by atoms with E-state index in [0.29, 0.717) is 5.06 Å². The van der Waals surface area contributed by atoms with Crippen LogP contribution in [0.15, 0.2) is 17.5 Å². The normalized spacial score (nSPS) is 9.30.